The van der Waals surface area contributed by atoms with Gasteiger partial charge in [0.25, 0.3) is 0 Å². The van der Waals surface area contributed by atoms with Crippen molar-refractivity contribution in [3.8, 4) is 0 Å². The van der Waals surface area contributed by atoms with E-state index in [-0.39, 0.29) is 5.92 Å². The van der Waals surface area contributed by atoms with Crippen molar-refractivity contribution in [1.29, 1.82) is 0 Å². The summed E-state index contributed by atoms with van der Waals surface area (Å²) >= 11 is 0. The van der Waals surface area contributed by atoms with Gasteiger partial charge in [-0.1, -0.05) is 37.3 Å². The maximum absolute atomic E-state index is 12.7. The normalized spacial score (nSPS) is 13.0. The standard InChI is InChI=1S/C21H21F3N2/c1-14-5-4-6-19(15(14)2)16(3)20-25-11-12-26(20)13-17-7-9-18(10-8-17)21(22,23)24/h4-12,16H,13H2,1-3H3. The lowest BCUT2D eigenvalue weighted by molar-refractivity contribution is -0.137. The predicted molar refractivity (Wildman–Crippen MR) is 96.2 cm³/mol. The van der Waals surface area contributed by atoms with Gasteiger partial charge in [0.1, 0.15) is 5.82 Å². The van der Waals surface area contributed by atoms with E-state index in [9.17, 15) is 13.2 Å². The van der Waals surface area contributed by atoms with E-state index in [1.807, 2.05) is 16.8 Å². The highest BCUT2D eigenvalue weighted by molar-refractivity contribution is 5.38. The second-order valence-corrected chi connectivity index (χ2v) is 6.62. The van der Waals surface area contributed by atoms with Crippen LogP contribution in [0.25, 0.3) is 0 Å². The molecule has 3 aromatic rings. The minimum atomic E-state index is -4.31. The summed E-state index contributed by atoms with van der Waals surface area (Å²) in [7, 11) is 0. The first kappa shape index (κ1) is 18.2. The Bertz CT molecular complexity index is 892. The van der Waals surface area contributed by atoms with E-state index in [0.29, 0.717) is 6.54 Å². The van der Waals surface area contributed by atoms with Gasteiger partial charge in [-0.25, -0.2) is 4.98 Å². The van der Waals surface area contributed by atoms with Crippen LogP contribution in [0, 0.1) is 13.8 Å². The average molecular weight is 358 g/mol. The molecule has 1 atom stereocenters. The molecule has 0 saturated heterocycles. The third kappa shape index (κ3) is 3.66. The Morgan fingerprint density at radius 3 is 2.38 bits per heavy atom. The van der Waals surface area contributed by atoms with Gasteiger partial charge in [-0.05, 0) is 48.2 Å². The van der Waals surface area contributed by atoms with Crippen LogP contribution in [0.4, 0.5) is 13.2 Å². The number of aromatic nitrogens is 2. The lowest BCUT2D eigenvalue weighted by atomic mass is 9.93. The quantitative estimate of drug-likeness (QED) is 0.583. The van der Waals surface area contributed by atoms with Gasteiger partial charge >= 0.3 is 6.18 Å². The molecule has 0 saturated carbocycles. The van der Waals surface area contributed by atoms with E-state index in [2.05, 4.69) is 37.9 Å². The zero-order chi connectivity index (χ0) is 18.9. The Balaban J connectivity index is 1.86. The van der Waals surface area contributed by atoms with Crippen molar-refractivity contribution in [2.24, 2.45) is 0 Å². The highest BCUT2D eigenvalue weighted by Gasteiger charge is 2.30. The van der Waals surface area contributed by atoms with Crippen LogP contribution < -0.4 is 0 Å². The minimum Gasteiger partial charge on any atom is -0.330 e. The summed E-state index contributed by atoms with van der Waals surface area (Å²) in [4.78, 5) is 4.50. The summed E-state index contributed by atoms with van der Waals surface area (Å²) in [6.45, 7) is 6.78. The van der Waals surface area contributed by atoms with Crippen LogP contribution in [0.5, 0.6) is 0 Å². The van der Waals surface area contributed by atoms with Gasteiger partial charge in [-0.2, -0.15) is 13.2 Å². The van der Waals surface area contributed by atoms with Crippen LogP contribution in [-0.4, -0.2) is 9.55 Å². The van der Waals surface area contributed by atoms with Crippen LogP contribution >= 0.6 is 0 Å². The molecule has 0 aliphatic carbocycles. The predicted octanol–water partition coefficient (Wildman–Crippen LogP) is 5.72. The third-order valence-electron chi connectivity index (χ3n) is 4.88. The number of hydrogen-bond acceptors (Lipinski definition) is 1. The van der Waals surface area contributed by atoms with E-state index in [0.717, 1.165) is 23.5 Å². The summed E-state index contributed by atoms with van der Waals surface area (Å²) < 4.78 is 40.1. The van der Waals surface area contributed by atoms with Crippen molar-refractivity contribution in [3.05, 3.63) is 88.5 Å². The first-order valence-corrected chi connectivity index (χ1v) is 8.50. The largest absolute Gasteiger partial charge is 0.416 e. The number of benzene rings is 2. The Morgan fingerprint density at radius 1 is 1.04 bits per heavy atom. The Hall–Kier alpha value is -2.56. The molecule has 2 nitrogen and oxygen atoms in total. The monoisotopic (exact) mass is 358 g/mol. The van der Waals surface area contributed by atoms with E-state index in [1.165, 1.54) is 28.8 Å². The van der Waals surface area contributed by atoms with Crippen LogP contribution in [-0.2, 0) is 12.7 Å². The van der Waals surface area contributed by atoms with Gasteiger partial charge in [0.15, 0.2) is 0 Å². The van der Waals surface area contributed by atoms with Crippen molar-refractivity contribution in [3.63, 3.8) is 0 Å². The van der Waals surface area contributed by atoms with Crippen LogP contribution in [0.3, 0.4) is 0 Å². The number of alkyl halides is 3. The fraction of sp³-hybridized carbons (Fsp3) is 0.286. The summed E-state index contributed by atoms with van der Waals surface area (Å²) in [6.07, 6.45) is -0.703. The number of hydrogen-bond donors (Lipinski definition) is 0. The van der Waals surface area contributed by atoms with Crippen LogP contribution in [0.2, 0.25) is 0 Å². The maximum Gasteiger partial charge on any atom is 0.416 e. The Morgan fingerprint density at radius 2 is 1.73 bits per heavy atom. The minimum absolute atomic E-state index is 0.0966. The molecule has 0 N–H and O–H groups in total. The fourth-order valence-electron chi connectivity index (χ4n) is 3.21. The van der Waals surface area contributed by atoms with Crippen molar-refractivity contribution >= 4 is 0 Å². The molecule has 1 aromatic heterocycles. The van der Waals surface area contributed by atoms with E-state index in [1.54, 1.807) is 6.20 Å². The Kier molecular flexibility index (Phi) is 4.90. The van der Waals surface area contributed by atoms with Crippen molar-refractivity contribution < 1.29 is 13.2 Å². The van der Waals surface area contributed by atoms with Crippen molar-refractivity contribution in [2.75, 3.05) is 0 Å². The average Bonchev–Trinajstić information content (AvgIpc) is 3.04. The molecule has 0 bridgehead atoms. The van der Waals surface area contributed by atoms with Gasteiger partial charge in [0.05, 0.1) is 5.56 Å². The highest BCUT2D eigenvalue weighted by Crippen LogP contribution is 2.30. The number of imidazole rings is 1. The van der Waals surface area contributed by atoms with E-state index >= 15 is 0 Å². The SMILES string of the molecule is Cc1cccc(C(C)c2nccn2Cc2ccc(C(F)(F)F)cc2)c1C. The second kappa shape index (κ2) is 6.98. The molecular weight excluding hydrogens is 337 g/mol. The molecule has 0 fully saturated rings. The molecule has 26 heavy (non-hydrogen) atoms. The van der Waals surface area contributed by atoms with Crippen molar-refractivity contribution in [2.45, 2.75) is 39.4 Å². The molecular formula is C21H21F3N2. The molecule has 1 unspecified atom stereocenters. The van der Waals surface area contributed by atoms with Gasteiger partial charge in [0, 0.05) is 24.9 Å². The molecule has 136 valence electrons. The molecule has 0 aliphatic heterocycles. The lowest BCUT2D eigenvalue weighted by Gasteiger charge is -2.18. The zero-order valence-electron chi connectivity index (χ0n) is 15.0. The number of halogens is 3. The lowest BCUT2D eigenvalue weighted by Crippen LogP contribution is -2.10. The topological polar surface area (TPSA) is 17.8 Å². The maximum atomic E-state index is 12.7. The van der Waals surface area contributed by atoms with Crippen molar-refractivity contribution in [1.82, 2.24) is 9.55 Å². The first-order valence-electron chi connectivity index (χ1n) is 8.50. The molecule has 0 aliphatic rings. The fourth-order valence-corrected chi connectivity index (χ4v) is 3.21. The third-order valence-corrected chi connectivity index (χ3v) is 4.88. The molecule has 5 heteroatoms. The zero-order valence-corrected chi connectivity index (χ0v) is 15.0. The van der Waals surface area contributed by atoms with Crippen LogP contribution in [0.15, 0.2) is 54.9 Å². The van der Waals surface area contributed by atoms with Gasteiger partial charge in [0.2, 0.25) is 0 Å². The molecule has 3 rings (SSSR count). The number of nitrogens with zero attached hydrogens (tertiary/aromatic N) is 2. The number of aryl methyl sites for hydroxylation is 1. The molecule has 0 radical (unpaired) electrons. The first-order chi connectivity index (χ1) is 12.3. The van der Waals surface area contributed by atoms with E-state index < -0.39 is 11.7 Å². The van der Waals surface area contributed by atoms with Gasteiger partial charge in [-0.15, -0.1) is 0 Å². The summed E-state index contributed by atoms with van der Waals surface area (Å²) in [5.41, 5.74) is 3.87. The smallest absolute Gasteiger partial charge is 0.330 e. The summed E-state index contributed by atoms with van der Waals surface area (Å²) in [6, 6.07) is 11.5. The summed E-state index contributed by atoms with van der Waals surface area (Å²) in [5, 5.41) is 0. The highest BCUT2D eigenvalue weighted by atomic mass is 19.4. The second-order valence-electron chi connectivity index (χ2n) is 6.62. The van der Waals surface area contributed by atoms with E-state index in [4.69, 9.17) is 0 Å². The Labute approximate surface area is 151 Å². The molecule has 2 aromatic carbocycles. The molecule has 0 spiro atoms. The van der Waals surface area contributed by atoms with Gasteiger partial charge in [-0.3, -0.25) is 0 Å². The van der Waals surface area contributed by atoms with Crippen LogP contribution in [0.1, 0.15) is 46.5 Å². The summed E-state index contributed by atoms with van der Waals surface area (Å²) in [5.74, 6) is 0.998. The van der Waals surface area contributed by atoms with Gasteiger partial charge < -0.3 is 4.57 Å². The molecule has 0 amide bonds. The molecule has 1 heterocycles. The number of rotatable bonds is 4.